The van der Waals surface area contributed by atoms with E-state index >= 15 is 0 Å². The van der Waals surface area contributed by atoms with E-state index in [0.717, 1.165) is 38.9 Å². The third-order valence-electron chi connectivity index (χ3n) is 4.61. The number of aromatic amines is 1. The number of hydrogen-bond donors (Lipinski definition) is 2. The monoisotopic (exact) mass is 279 g/mol. The molecular weight excluding hydrogens is 254 g/mol. The van der Waals surface area contributed by atoms with Crippen molar-refractivity contribution in [1.82, 2.24) is 15.1 Å². The number of nitrogens with one attached hydrogen (secondary N) is 1. The fourth-order valence-corrected chi connectivity index (χ4v) is 3.50. The Morgan fingerprint density at radius 2 is 2.30 bits per heavy atom. The summed E-state index contributed by atoms with van der Waals surface area (Å²) in [6.45, 7) is 4.39. The lowest BCUT2D eigenvalue weighted by atomic mass is 9.89. The molecule has 112 valence electrons. The van der Waals surface area contributed by atoms with Crippen LogP contribution in [0.2, 0.25) is 0 Å². The van der Waals surface area contributed by atoms with Gasteiger partial charge in [0, 0.05) is 51.0 Å². The van der Waals surface area contributed by atoms with Gasteiger partial charge in [0.2, 0.25) is 0 Å². The zero-order chi connectivity index (χ0) is 13.8. The highest BCUT2D eigenvalue weighted by Gasteiger charge is 2.33. The van der Waals surface area contributed by atoms with E-state index in [-0.39, 0.29) is 0 Å². The molecule has 1 aromatic heterocycles. The Morgan fingerprint density at radius 3 is 3.05 bits per heavy atom. The van der Waals surface area contributed by atoms with Crippen molar-refractivity contribution < 1.29 is 9.84 Å². The smallest absolute Gasteiger partial charge is 0.0817 e. The largest absolute Gasteiger partial charge is 0.388 e. The molecule has 3 heterocycles. The van der Waals surface area contributed by atoms with E-state index < -0.39 is 5.60 Å². The van der Waals surface area contributed by atoms with E-state index in [4.69, 9.17) is 4.74 Å². The zero-order valence-corrected chi connectivity index (χ0v) is 12.1. The zero-order valence-electron chi connectivity index (χ0n) is 12.1. The number of β-amino-alcohol motifs (C(OH)–C–C–N with tert-alkyl or cyclic N) is 1. The SMILES string of the molecule is OC1(CN2CCCC(Cc3ccn[nH]3)C2)CCOCC1. The van der Waals surface area contributed by atoms with Crippen LogP contribution in [0.1, 0.15) is 31.4 Å². The van der Waals surface area contributed by atoms with Gasteiger partial charge in [-0.15, -0.1) is 0 Å². The molecule has 2 aliphatic rings. The van der Waals surface area contributed by atoms with Crippen molar-refractivity contribution in [2.45, 2.75) is 37.7 Å². The predicted molar refractivity (Wildman–Crippen MR) is 76.5 cm³/mol. The number of nitrogens with zero attached hydrogens (tertiary/aromatic N) is 2. The molecular formula is C15H25N3O2. The summed E-state index contributed by atoms with van der Waals surface area (Å²) < 4.78 is 5.36. The first-order chi connectivity index (χ1) is 9.73. The molecule has 0 spiro atoms. The Balaban J connectivity index is 1.52. The van der Waals surface area contributed by atoms with Gasteiger partial charge in [0.15, 0.2) is 0 Å². The van der Waals surface area contributed by atoms with Gasteiger partial charge in [0.25, 0.3) is 0 Å². The number of aromatic nitrogens is 2. The van der Waals surface area contributed by atoms with Crippen LogP contribution in [-0.2, 0) is 11.2 Å². The average molecular weight is 279 g/mol. The molecule has 0 saturated carbocycles. The van der Waals surface area contributed by atoms with Gasteiger partial charge in [-0.1, -0.05) is 0 Å². The first-order valence-corrected chi connectivity index (χ1v) is 7.74. The van der Waals surface area contributed by atoms with Crippen LogP contribution in [0, 0.1) is 5.92 Å². The molecule has 0 aliphatic carbocycles. The number of aliphatic hydroxyl groups is 1. The number of ether oxygens (including phenoxy) is 1. The third kappa shape index (κ3) is 3.59. The molecule has 0 bridgehead atoms. The fraction of sp³-hybridized carbons (Fsp3) is 0.800. The van der Waals surface area contributed by atoms with E-state index in [1.807, 2.05) is 6.20 Å². The summed E-state index contributed by atoms with van der Waals surface area (Å²) in [6.07, 6.45) is 6.94. The van der Waals surface area contributed by atoms with Crippen molar-refractivity contribution in [3.05, 3.63) is 18.0 Å². The summed E-state index contributed by atoms with van der Waals surface area (Å²) in [4.78, 5) is 2.44. The average Bonchev–Trinajstić information content (AvgIpc) is 2.92. The molecule has 2 saturated heterocycles. The Hall–Kier alpha value is -0.910. The van der Waals surface area contributed by atoms with E-state index in [0.29, 0.717) is 19.1 Å². The molecule has 2 aliphatic heterocycles. The van der Waals surface area contributed by atoms with Crippen LogP contribution >= 0.6 is 0 Å². The fourth-order valence-electron chi connectivity index (χ4n) is 3.50. The lowest BCUT2D eigenvalue weighted by Crippen LogP contribution is -2.49. The maximum Gasteiger partial charge on any atom is 0.0817 e. The summed E-state index contributed by atoms with van der Waals surface area (Å²) >= 11 is 0. The molecule has 1 unspecified atom stereocenters. The van der Waals surface area contributed by atoms with Gasteiger partial charge in [-0.25, -0.2) is 0 Å². The number of piperidine rings is 1. The van der Waals surface area contributed by atoms with Crippen LogP contribution in [0.15, 0.2) is 12.3 Å². The highest BCUT2D eigenvalue weighted by molar-refractivity contribution is 4.99. The van der Waals surface area contributed by atoms with E-state index in [1.165, 1.54) is 18.5 Å². The van der Waals surface area contributed by atoms with Crippen molar-refractivity contribution in [2.24, 2.45) is 5.92 Å². The Kier molecular flexibility index (Phi) is 4.38. The summed E-state index contributed by atoms with van der Waals surface area (Å²) in [5.41, 5.74) is 0.690. The van der Waals surface area contributed by atoms with Gasteiger partial charge < -0.3 is 14.7 Å². The summed E-state index contributed by atoms with van der Waals surface area (Å²) in [5, 5.41) is 17.7. The van der Waals surface area contributed by atoms with Crippen molar-refractivity contribution >= 4 is 0 Å². The third-order valence-corrected chi connectivity index (χ3v) is 4.61. The summed E-state index contributed by atoms with van der Waals surface area (Å²) in [5.74, 6) is 0.674. The van der Waals surface area contributed by atoms with Crippen molar-refractivity contribution in [2.75, 3.05) is 32.8 Å². The van der Waals surface area contributed by atoms with Crippen LogP contribution in [0.5, 0.6) is 0 Å². The lowest BCUT2D eigenvalue weighted by molar-refractivity contribution is -0.0838. The van der Waals surface area contributed by atoms with Crippen LogP contribution < -0.4 is 0 Å². The van der Waals surface area contributed by atoms with Gasteiger partial charge in [-0.3, -0.25) is 5.10 Å². The van der Waals surface area contributed by atoms with Crippen molar-refractivity contribution in [1.29, 1.82) is 0 Å². The second kappa shape index (κ2) is 6.24. The van der Waals surface area contributed by atoms with Gasteiger partial charge in [-0.05, 0) is 37.8 Å². The molecule has 2 N–H and O–H groups in total. The molecule has 2 fully saturated rings. The summed E-state index contributed by atoms with van der Waals surface area (Å²) in [7, 11) is 0. The Labute approximate surface area is 120 Å². The Bertz CT molecular complexity index is 401. The van der Waals surface area contributed by atoms with Crippen LogP contribution in [0.25, 0.3) is 0 Å². The first-order valence-electron chi connectivity index (χ1n) is 7.74. The number of hydrogen-bond acceptors (Lipinski definition) is 4. The second-order valence-electron chi connectivity index (χ2n) is 6.37. The first kappa shape index (κ1) is 14.0. The molecule has 20 heavy (non-hydrogen) atoms. The molecule has 0 amide bonds. The highest BCUT2D eigenvalue weighted by atomic mass is 16.5. The number of H-pyrrole nitrogens is 1. The van der Waals surface area contributed by atoms with Crippen LogP contribution in [0.4, 0.5) is 0 Å². The standard InChI is InChI=1S/C15H25N3O2/c19-15(4-8-20-9-5-15)12-18-7-1-2-13(11-18)10-14-3-6-16-17-14/h3,6,13,19H,1-2,4-5,7-12H2,(H,16,17). The minimum absolute atomic E-state index is 0.534. The number of rotatable bonds is 4. The molecule has 5 nitrogen and oxygen atoms in total. The molecule has 0 radical (unpaired) electrons. The quantitative estimate of drug-likeness (QED) is 0.869. The minimum Gasteiger partial charge on any atom is -0.388 e. The van der Waals surface area contributed by atoms with Crippen molar-refractivity contribution in [3.8, 4) is 0 Å². The second-order valence-corrected chi connectivity index (χ2v) is 6.37. The highest BCUT2D eigenvalue weighted by Crippen LogP contribution is 2.26. The van der Waals surface area contributed by atoms with E-state index in [2.05, 4.69) is 21.2 Å². The van der Waals surface area contributed by atoms with Crippen LogP contribution in [0.3, 0.4) is 0 Å². The summed E-state index contributed by atoms with van der Waals surface area (Å²) in [6, 6.07) is 2.06. The van der Waals surface area contributed by atoms with Gasteiger partial charge in [-0.2, -0.15) is 5.10 Å². The Morgan fingerprint density at radius 1 is 1.45 bits per heavy atom. The van der Waals surface area contributed by atoms with Crippen LogP contribution in [-0.4, -0.2) is 58.7 Å². The molecule has 3 rings (SSSR count). The maximum absolute atomic E-state index is 10.6. The minimum atomic E-state index is -0.534. The van der Waals surface area contributed by atoms with Crippen molar-refractivity contribution in [3.63, 3.8) is 0 Å². The van der Waals surface area contributed by atoms with Gasteiger partial charge >= 0.3 is 0 Å². The lowest BCUT2D eigenvalue weighted by Gasteiger charge is -2.40. The molecule has 5 heteroatoms. The maximum atomic E-state index is 10.6. The topological polar surface area (TPSA) is 61.4 Å². The molecule has 0 aromatic carbocycles. The number of likely N-dealkylation sites (tertiary alicyclic amines) is 1. The van der Waals surface area contributed by atoms with E-state index in [9.17, 15) is 5.11 Å². The normalized spacial score (nSPS) is 27.6. The van der Waals surface area contributed by atoms with Gasteiger partial charge in [0.05, 0.1) is 5.60 Å². The molecule has 1 aromatic rings. The predicted octanol–water partition coefficient (Wildman–Crippen LogP) is 1.21. The molecule has 1 atom stereocenters. The van der Waals surface area contributed by atoms with E-state index in [1.54, 1.807) is 0 Å². The van der Waals surface area contributed by atoms with Gasteiger partial charge in [0.1, 0.15) is 0 Å².